The van der Waals surface area contributed by atoms with Crippen LogP contribution >= 0.6 is 0 Å². The second-order valence-electron chi connectivity index (χ2n) is 2.81. The Morgan fingerprint density at radius 1 is 1.38 bits per heavy atom. The third-order valence-electron chi connectivity index (χ3n) is 1.78. The van der Waals surface area contributed by atoms with E-state index >= 15 is 0 Å². The van der Waals surface area contributed by atoms with Gasteiger partial charge in [0, 0.05) is 20.3 Å². The molecule has 0 aliphatic heterocycles. The normalized spacial score (nSPS) is 10.5. The van der Waals surface area contributed by atoms with E-state index in [1.54, 1.807) is 11.8 Å². The molecular weight excluding hydrogens is 170 g/mol. The molecular formula is C7H15N5O. The quantitative estimate of drug-likeness (QED) is 0.634. The fraction of sp³-hybridized carbons (Fsp3) is 0.857. The Bertz CT molecular complexity index is 237. The first-order valence-electron chi connectivity index (χ1n) is 4.35. The fourth-order valence-corrected chi connectivity index (χ4v) is 1.06. The molecule has 0 saturated carbocycles. The first-order chi connectivity index (χ1) is 6.34. The van der Waals surface area contributed by atoms with Crippen LogP contribution in [0.4, 0.5) is 5.95 Å². The Hall–Kier alpha value is -1.17. The molecule has 0 saturated heterocycles. The van der Waals surface area contributed by atoms with E-state index in [1.807, 2.05) is 0 Å². The van der Waals surface area contributed by atoms with Crippen molar-refractivity contribution >= 4 is 5.95 Å². The number of nitrogens with zero attached hydrogens (tertiary/aromatic N) is 4. The number of aromatic nitrogens is 4. The molecule has 0 atom stereocenters. The summed E-state index contributed by atoms with van der Waals surface area (Å²) in [6.07, 6.45) is 3.20. The molecule has 0 aliphatic carbocycles. The van der Waals surface area contributed by atoms with Crippen LogP contribution in [0.1, 0.15) is 19.3 Å². The minimum Gasteiger partial charge on any atom is -0.385 e. The highest BCUT2D eigenvalue weighted by molar-refractivity contribution is 5.09. The predicted molar refractivity (Wildman–Crippen MR) is 48.0 cm³/mol. The number of hydrogen-bond acceptors (Lipinski definition) is 5. The van der Waals surface area contributed by atoms with Crippen LogP contribution in [-0.4, -0.2) is 33.9 Å². The maximum atomic E-state index is 5.48. The van der Waals surface area contributed by atoms with Gasteiger partial charge in [-0.2, -0.15) is 0 Å². The molecule has 1 rings (SSSR count). The van der Waals surface area contributed by atoms with E-state index in [0.717, 1.165) is 32.4 Å². The Balaban J connectivity index is 2.10. The lowest BCUT2D eigenvalue weighted by Crippen LogP contribution is -2.05. The molecule has 1 aromatic rings. The molecule has 0 spiro atoms. The third-order valence-corrected chi connectivity index (χ3v) is 1.78. The van der Waals surface area contributed by atoms with Crippen LogP contribution in [0.15, 0.2) is 0 Å². The number of rotatable bonds is 6. The van der Waals surface area contributed by atoms with Crippen molar-refractivity contribution in [3.8, 4) is 0 Å². The van der Waals surface area contributed by atoms with Crippen molar-refractivity contribution < 1.29 is 4.74 Å². The van der Waals surface area contributed by atoms with E-state index in [0.29, 0.717) is 5.95 Å². The number of hydrogen-bond donors (Lipinski definition) is 1. The largest absolute Gasteiger partial charge is 0.385 e. The van der Waals surface area contributed by atoms with Crippen LogP contribution in [0.25, 0.3) is 0 Å². The molecule has 0 fully saturated rings. The van der Waals surface area contributed by atoms with E-state index in [1.165, 1.54) is 0 Å². The van der Waals surface area contributed by atoms with E-state index in [9.17, 15) is 0 Å². The summed E-state index contributed by atoms with van der Waals surface area (Å²) < 4.78 is 6.53. The third kappa shape index (κ3) is 3.37. The average Bonchev–Trinajstić information content (AvgIpc) is 2.52. The number of unbranched alkanes of at least 4 members (excludes halogenated alkanes) is 2. The van der Waals surface area contributed by atoms with Gasteiger partial charge in [-0.25, -0.2) is 4.68 Å². The highest BCUT2D eigenvalue weighted by atomic mass is 16.5. The second-order valence-corrected chi connectivity index (χ2v) is 2.81. The molecule has 2 N–H and O–H groups in total. The number of tetrazole rings is 1. The lowest BCUT2D eigenvalue weighted by Gasteiger charge is -2.00. The second kappa shape index (κ2) is 5.47. The van der Waals surface area contributed by atoms with E-state index in [-0.39, 0.29) is 0 Å². The van der Waals surface area contributed by atoms with Crippen molar-refractivity contribution in [3.63, 3.8) is 0 Å². The molecule has 0 amide bonds. The zero-order valence-corrected chi connectivity index (χ0v) is 7.81. The average molecular weight is 185 g/mol. The van der Waals surface area contributed by atoms with E-state index in [2.05, 4.69) is 15.5 Å². The summed E-state index contributed by atoms with van der Waals surface area (Å²) in [5, 5.41) is 10.8. The summed E-state index contributed by atoms with van der Waals surface area (Å²) in [5.74, 6) is 0.381. The molecule has 0 aliphatic rings. The molecule has 0 unspecified atom stereocenters. The Labute approximate surface area is 77.1 Å². The minimum absolute atomic E-state index is 0.381. The summed E-state index contributed by atoms with van der Waals surface area (Å²) in [6, 6.07) is 0. The summed E-state index contributed by atoms with van der Waals surface area (Å²) in [6.45, 7) is 1.59. The standard InChI is InChI=1S/C7H15N5O/c1-13-6-4-2-3-5-12-7(8)9-10-11-12/h2-6H2,1H3,(H2,8,9,11). The van der Waals surface area contributed by atoms with E-state index in [4.69, 9.17) is 10.5 Å². The first kappa shape index (κ1) is 9.91. The topological polar surface area (TPSA) is 78.8 Å². The number of methoxy groups -OCH3 is 1. The number of ether oxygens (including phenoxy) is 1. The molecule has 0 radical (unpaired) electrons. The van der Waals surface area contributed by atoms with Gasteiger partial charge in [0.05, 0.1) is 0 Å². The van der Waals surface area contributed by atoms with Gasteiger partial charge < -0.3 is 10.5 Å². The molecule has 74 valence electrons. The van der Waals surface area contributed by atoms with Crippen molar-refractivity contribution in [2.75, 3.05) is 19.5 Å². The van der Waals surface area contributed by atoms with Gasteiger partial charge in [0.25, 0.3) is 0 Å². The number of aryl methyl sites for hydroxylation is 1. The van der Waals surface area contributed by atoms with Crippen LogP contribution in [0.3, 0.4) is 0 Å². The number of nitrogen functional groups attached to an aromatic ring is 1. The van der Waals surface area contributed by atoms with Crippen LogP contribution in [-0.2, 0) is 11.3 Å². The van der Waals surface area contributed by atoms with Crippen LogP contribution < -0.4 is 5.73 Å². The number of nitrogens with two attached hydrogens (primary N) is 1. The summed E-state index contributed by atoms with van der Waals surface area (Å²) in [4.78, 5) is 0. The van der Waals surface area contributed by atoms with Crippen molar-refractivity contribution in [1.82, 2.24) is 20.2 Å². The molecule has 0 aromatic carbocycles. The van der Waals surface area contributed by atoms with E-state index < -0.39 is 0 Å². The molecule has 0 bridgehead atoms. The lowest BCUT2D eigenvalue weighted by atomic mass is 10.2. The number of anilines is 1. The zero-order chi connectivity index (χ0) is 9.52. The molecule has 6 nitrogen and oxygen atoms in total. The Morgan fingerprint density at radius 3 is 2.85 bits per heavy atom. The van der Waals surface area contributed by atoms with Crippen molar-refractivity contribution in [3.05, 3.63) is 0 Å². The van der Waals surface area contributed by atoms with Crippen LogP contribution in [0, 0.1) is 0 Å². The Morgan fingerprint density at radius 2 is 2.23 bits per heavy atom. The fourth-order valence-electron chi connectivity index (χ4n) is 1.06. The van der Waals surface area contributed by atoms with Crippen LogP contribution in [0.2, 0.25) is 0 Å². The highest BCUT2D eigenvalue weighted by Crippen LogP contribution is 2.00. The molecule has 1 aromatic heterocycles. The van der Waals surface area contributed by atoms with Gasteiger partial charge in [0.1, 0.15) is 0 Å². The van der Waals surface area contributed by atoms with Gasteiger partial charge in [-0.1, -0.05) is 5.10 Å². The first-order valence-corrected chi connectivity index (χ1v) is 4.35. The van der Waals surface area contributed by atoms with Gasteiger partial charge in [0.15, 0.2) is 0 Å². The van der Waals surface area contributed by atoms with Gasteiger partial charge in [0.2, 0.25) is 5.95 Å². The smallest absolute Gasteiger partial charge is 0.240 e. The molecule has 6 heteroatoms. The van der Waals surface area contributed by atoms with Crippen LogP contribution in [0.5, 0.6) is 0 Å². The maximum absolute atomic E-state index is 5.48. The van der Waals surface area contributed by atoms with Gasteiger partial charge in [-0.3, -0.25) is 0 Å². The minimum atomic E-state index is 0.381. The molecule has 13 heavy (non-hydrogen) atoms. The zero-order valence-electron chi connectivity index (χ0n) is 7.81. The van der Waals surface area contributed by atoms with Crippen molar-refractivity contribution in [2.45, 2.75) is 25.8 Å². The summed E-state index contributed by atoms with van der Waals surface area (Å²) >= 11 is 0. The lowest BCUT2D eigenvalue weighted by molar-refractivity contribution is 0.191. The van der Waals surface area contributed by atoms with Gasteiger partial charge in [-0.15, -0.1) is 0 Å². The highest BCUT2D eigenvalue weighted by Gasteiger charge is 1.99. The predicted octanol–water partition coefficient (Wildman–Crippen LogP) is 0.0720. The maximum Gasteiger partial charge on any atom is 0.240 e. The SMILES string of the molecule is COCCCCCn1nnnc1N. The van der Waals surface area contributed by atoms with Gasteiger partial charge in [-0.05, 0) is 29.7 Å². The summed E-state index contributed by atoms with van der Waals surface area (Å²) in [7, 11) is 1.71. The monoisotopic (exact) mass is 185 g/mol. The van der Waals surface area contributed by atoms with Gasteiger partial charge >= 0.3 is 0 Å². The Kier molecular flexibility index (Phi) is 4.17. The molecule has 1 heterocycles. The summed E-state index contributed by atoms with van der Waals surface area (Å²) in [5.41, 5.74) is 5.48. The van der Waals surface area contributed by atoms with Crippen molar-refractivity contribution in [1.29, 1.82) is 0 Å². The van der Waals surface area contributed by atoms with Crippen molar-refractivity contribution in [2.24, 2.45) is 0 Å².